The molecule has 0 aliphatic carbocycles. The Labute approximate surface area is 96.0 Å². The van der Waals surface area contributed by atoms with Gasteiger partial charge < -0.3 is 5.32 Å². The zero-order valence-corrected chi connectivity index (χ0v) is 9.75. The highest BCUT2D eigenvalue weighted by Gasteiger charge is 1.98. The van der Waals surface area contributed by atoms with E-state index in [0.717, 1.165) is 12.0 Å². The summed E-state index contributed by atoms with van der Waals surface area (Å²) >= 11 is 2.23. The molecule has 2 nitrogen and oxygen atoms in total. The average Bonchev–Trinajstić information content (AvgIpc) is 2.21. The molecule has 76 valence electrons. The van der Waals surface area contributed by atoms with Crippen LogP contribution in [0.15, 0.2) is 24.3 Å². The molecule has 14 heavy (non-hydrogen) atoms. The first-order valence-electron chi connectivity index (χ1n) is 4.29. The number of alkyl halides is 1. The highest BCUT2D eigenvalue weighted by Crippen LogP contribution is 2.06. The van der Waals surface area contributed by atoms with E-state index in [1.807, 2.05) is 24.3 Å². The molecule has 0 aromatic heterocycles. The fourth-order valence-corrected chi connectivity index (χ4v) is 1.40. The number of carbonyl (C=O) groups excluding carboxylic acids is 1. The fourth-order valence-electron chi connectivity index (χ4n) is 1.04. The monoisotopic (exact) mass is 307 g/mol. The zero-order valence-electron chi connectivity index (χ0n) is 7.59. The number of nitrogens with one attached hydrogen (secondary N) is 1. The first kappa shape index (κ1) is 11.4. The molecule has 0 unspecified atom stereocenters. The van der Waals surface area contributed by atoms with Crippen LogP contribution in [0.2, 0.25) is 0 Å². The molecule has 4 heteroatoms. The van der Waals surface area contributed by atoms with E-state index < -0.39 is 12.6 Å². The van der Waals surface area contributed by atoms with Crippen molar-refractivity contribution in [2.24, 2.45) is 0 Å². The van der Waals surface area contributed by atoms with Crippen LogP contribution >= 0.6 is 22.6 Å². The highest BCUT2D eigenvalue weighted by molar-refractivity contribution is 14.1. The van der Waals surface area contributed by atoms with Gasteiger partial charge in [0.1, 0.15) is 0 Å². The van der Waals surface area contributed by atoms with Gasteiger partial charge >= 0.3 is 0 Å². The fraction of sp³-hybridized carbons (Fsp3) is 0.300. The second-order valence-corrected chi connectivity index (χ2v) is 4.11. The van der Waals surface area contributed by atoms with Gasteiger partial charge in [-0.15, -0.1) is 0 Å². The maximum atomic E-state index is 11.8. The van der Waals surface area contributed by atoms with Crippen LogP contribution in [0.25, 0.3) is 0 Å². The van der Waals surface area contributed by atoms with Crippen molar-refractivity contribution in [2.75, 3.05) is 13.2 Å². The topological polar surface area (TPSA) is 29.1 Å². The van der Waals surface area contributed by atoms with Gasteiger partial charge in [0.15, 0.2) is 6.67 Å². The normalized spacial score (nSPS) is 9.86. The minimum atomic E-state index is -0.938. The summed E-state index contributed by atoms with van der Waals surface area (Å²) in [5.41, 5.74) is 1.14. The van der Waals surface area contributed by atoms with Gasteiger partial charge in [-0.05, 0) is 46.7 Å². The third kappa shape index (κ3) is 4.04. The Balaban J connectivity index is 2.31. The van der Waals surface area contributed by atoms with E-state index in [9.17, 15) is 9.18 Å². The summed E-state index contributed by atoms with van der Waals surface area (Å²) < 4.78 is 12.9. The number of rotatable bonds is 4. The number of carbonyl (C=O) groups is 1. The Morgan fingerprint density at radius 2 is 2.00 bits per heavy atom. The van der Waals surface area contributed by atoms with Crippen LogP contribution in [0.1, 0.15) is 5.56 Å². The van der Waals surface area contributed by atoms with Crippen LogP contribution < -0.4 is 5.32 Å². The molecule has 1 rings (SSSR count). The van der Waals surface area contributed by atoms with Gasteiger partial charge in [0.25, 0.3) is 5.91 Å². The number of benzene rings is 1. The Bertz CT molecular complexity index is 299. The molecular formula is C10H11FINO. The molecule has 0 fully saturated rings. The van der Waals surface area contributed by atoms with Crippen molar-refractivity contribution in [3.05, 3.63) is 33.4 Å². The minimum Gasteiger partial charge on any atom is -0.353 e. The van der Waals surface area contributed by atoms with E-state index in [2.05, 4.69) is 27.9 Å². The molecule has 1 amide bonds. The predicted molar refractivity (Wildman–Crippen MR) is 61.8 cm³/mol. The molecule has 0 aliphatic heterocycles. The Morgan fingerprint density at radius 1 is 1.36 bits per heavy atom. The summed E-state index contributed by atoms with van der Waals surface area (Å²) in [6, 6.07) is 8.02. The molecule has 0 aliphatic rings. The molecule has 1 aromatic carbocycles. The minimum absolute atomic E-state index is 0.489. The predicted octanol–water partition coefficient (Wildman–Crippen LogP) is 1.92. The van der Waals surface area contributed by atoms with Gasteiger partial charge in [0.05, 0.1) is 0 Å². The average molecular weight is 307 g/mol. The molecule has 0 radical (unpaired) electrons. The van der Waals surface area contributed by atoms with Gasteiger partial charge in [0.2, 0.25) is 0 Å². The molecule has 0 saturated carbocycles. The van der Waals surface area contributed by atoms with Crippen molar-refractivity contribution >= 4 is 28.5 Å². The summed E-state index contributed by atoms with van der Waals surface area (Å²) in [6.07, 6.45) is 0.739. The van der Waals surface area contributed by atoms with Crippen LogP contribution in [-0.2, 0) is 11.2 Å². The largest absolute Gasteiger partial charge is 0.353 e. The number of amides is 1. The van der Waals surface area contributed by atoms with Gasteiger partial charge in [-0.25, -0.2) is 4.39 Å². The van der Waals surface area contributed by atoms with E-state index in [-0.39, 0.29) is 0 Å². The third-order valence-corrected chi connectivity index (χ3v) is 2.49. The maximum absolute atomic E-state index is 11.8. The Kier molecular flexibility index (Phi) is 4.86. The lowest BCUT2D eigenvalue weighted by atomic mass is 10.1. The molecule has 0 atom stereocenters. The van der Waals surface area contributed by atoms with Crippen LogP contribution in [0.3, 0.4) is 0 Å². The van der Waals surface area contributed by atoms with Crippen LogP contribution in [-0.4, -0.2) is 19.1 Å². The van der Waals surface area contributed by atoms with E-state index in [0.29, 0.717) is 6.54 Å². The summed E-state index contributed by atoms with van der Waals surface area (Å²) in [7, 11) is 0. The van der Waals surface area contributed by atoms with Crippen molar-refractivity contribution < 1.29 is 9.18 Å². The molecule has 0 spiro atoms. The number of halogens is 2. The van der Waals surface area contributed by atoms with Crippen molar-refractivity contribution in [1.29, 1.82) is 0 Å². The molecule has 1 aromatic rings. The van der Waals surface area contributed by atoms with E-state index >= 15 is 0 Å². The van der Waals surface area contributed by atoms with E-state index in [4.69, 9.17) is 0 Å². The lowest BCUT2D eigenvalue weighted by molar-refractivity contribution is -0.121. The van der Waals surface area contributed by atoms with Crippen LogP contribution in [0, 0.1) is 3.57 Å². The number of hydrogen-bond donors (Lipinski definition) is 1. The van der Waals surface area contributed by atoms with Gasteiger partial charge in [-0.3, -0.25) is 4.79 Å². The smallest absolute Gasteiger partial charge is 0.251 e. The Morgan fingerprint density at radius 3 is 2.57 bits per heavy atom. The van der Waals surface area contributed by atoms with E-state index in [1.54, 1.807) is 0 Å². The standard InChI is InChI=1S/C10H11FINO/c11-7-10(14)13-6-5-8-1-3-9(12)4-2-8/h1-4H,5-7H2,(H,13,14). The Hall–Kier alpha value is -0.650. The molecule has 0 bridgehead atoms. The first-order valence-corrected chi connectivity index (χ1v) is 5.37. The van der Waals surface area contributed by atoms with Crippen molar-refractivity contribution in [3.8, 4) is 0 Å². The van der Waals surface area contributed by atoms with E-state index in [1.165, 1.54) is 3.57 Å². The summed E-state index contributed by atoms with van der Waals surface area (Å²) in [5.74, 6) is -0.546. The SMILES string of the molecule is O=C(CF)NCCc1ccc(I)cc1. The lowest BCUT2D eigenvalue weighted by Gasteiger charge is -2.02. The quantitative estimate of drug-likeness (QED) is 0.846. The van der Waals surface area contributed by atoms with Crippen LogP contribution in [0.5, 0.6) is 0 Å². The lowest BCUT2D eigenvalue weighted by Crippen LogP contribution is -2.26. The first-order chi connectivity index (χ1) is 6.72. The van der Waals surface area contributed by atoms with Gasteiger partial charge in [-0.1, -0.05) is 12.1 Å². The van der Waals surface area contributed by atoms with Crippen molar-refractivity contribution in [2.45, 2.75) is 6.42 Å². The van der Waals surface area contributed by atoms with Gasteiger partial charge in [-0.2, -0.15) is 0 Å². The van der Waals surface area contributed by atoms with Crippen molar-refractivity contribution in [1.82, 2.24) is 5.32 Å². The maximum Gasteiger partial charge on any atom is 0.251 e. The van der Waals surface area contributed by atoms with Crippen molar-refractivity contribution in [3.63, 3.8) is 0 Å². The second kappa shape index (κ2) is 5.95. The molecular weight excluding hydrogens is 296 g/mol. The molecule has 0 heterocycles. The molecule has 0 saturated heterocycles. The van der Waals surface area contributed by atoms with Crippen LogP contribution in [0.4, 0.5) is 4.39 Å². The summed E-state index contributed by atoms with van der Waals surface area (Å²) in [4.78, 5) is 10.6. The number of hydrogen-bond acceptors (Lipinski definition) is 1. The second-order valence-electron chi connectivity index (χ2n) is 2.86. The highest BCUT2D eigenvalue weighted by atomic mass is 127. The zero-order chi connectivity index (χ0) is 10.4. The van der Waals surface area contributed by atoms with Gasteiger partial charge in [0, 0.05) is 10.1 Å². The summed E-state index contributed by atoms with van der Waals surface area (Å²) in [5, 5.41) is 2.48. The molecule has 1 N–H and O–H groups in total. The summed E-state index contributed by atoms with van der Waals surface area (Å²) in [6.45, 7) is -0.448. The third-order valence-electron chi connectivity index (χ3n) is 1.77.